The van der Waals surface area contributed by atoms with Crippen LogP contribution in [0.1, 0.15) is 34.7 Å². The number of anilines is 1. The Labute approximate surface area is 161 Å². The van der Waals surface area contributed by atoms with Gasteiger partial charge in [-0.05, 0) is 55.0 Å². The quantitative estimate of drug-likeness (QED) is 0.702. The summed E-state index contributed by atoms with van der Waals surface area (Å²) in [6.45, 7) is 0. The standard InChI is InChI=1S/C21H20N4OS/c1-25(2)15-9-7-13(8-10-15)11-14(12-22)19-23-20(26)18-16-5-3-4-6-17(16)27-21(18)24-19/h7-11H,3-6H2,1-2H3,(H,23,24,26). The minimum atomic E-state index is -0.140. The molecule has 2 heterocycles. The number of fused-ring (bicyclic) bond motifs is 3. The molecule has 3 aromatic rings. The number of allylic oxidation sites excluding steroid dienone is 1. The number of aromatic nitrogens is 2. The lowest BCUT2D eigenvalue weighted by Crippen LogP contribution is -2.12. The van der Waals surface area contributed by atoms with Crippen LogP contribution in [0.5, 0.6) is 0 Å². The number of hydrogen-bond donors (Lipinski definition) is 1. The molecule has 0 fully saturated rings. The maximum absolute atomic E-state index is 12.7. The Balaban J connectivity index is 1.77. The van der Waals surface area contributed by atoms with Crippen molar-refractivity contribution in [2.75, 3.05) is 19.0 Å². The van der Waals surface area contributed by atoms with Gasteiger partial charge in [-0.3, -0.25) is 4.79 Å². The fraction of sp³-hybridized carbons (Fsp3) is 0.286. The highest BCUT2D eigenvalue weighted by molar-refractivity contribution is 7.18. The minimum Gasteiger partial charge on any atom is -0.378 e. The number of nitriles is 1. The lowest BCUT2D eigenvalue weighted by Gasteiger charge is -2.11. The summed E-state index contributed by atoms with van der Waals surface area (Å²) in [6, 6.07) is 10.1. The van der Waals surface area contributed by atoms with Crippen LogP contribution in [0, 0.1) is 11.3 Å². The molecule has 1 N–H and O–H groups in total. The molecule has 0 unspecified atom stereocenters. The first-order valence-corrected chi connectivity index (χ1v) is 9.82. The van der Waals surface area contributed by atoms with Gasteiger partial charge in [0, 0.05) is 24.7 Å². The molecule has 2 aromatic heterocycles. The van der Waals surface area contributed by atoms with E-state index in [0.717, 1.165) is 47.3 Å². The molecule has 0 spiro atoms. The molecule has 0 bridgehead atoms. The van der Waals surface area contributed by atoms with Crippen LogP contribution < -0.4 is 10.5 Å². The Morgan fingerprint density at radius 2 is 2.00 bits per heavy atom. The van der Waals surface area contributed by atoms with Gasteiger partial charge in [0.1, 0.15) is 10.9 Å². The van der Waals surface area contributed by atoms with Gasteiger partial charge in [0.15, 0.2) is 5.82 Å². The van der Waals surface area contributed by atoms with Crippen LogP contribution in [-0.2, 0) is 12.8 Å². The topological polar surface area (TPSA) is 72.8 Å². The maximum Gasteiger partial charge on any atom is 0.260 e. The highest BCUT2D eigenvalue weighted by Gasteiger charge is 2.20. The lowest BCUT2D eigenvalue weighted by molar-refractivity contribution is 0.700. The van der Waals surface area contributed by atoms with Crippen molar-refractivity contribution in [3.8, 4) is 6.07 Å². The highest BCUT2D eigenvalue weighted by Crippen LogP contribution is 2.34. The SMILES string of the molecule is CN(C)c1ccc(C=C(C#N)c2nc3sc4c(c3c(=O)[nH]2)CCCC4)cc1. The molecule has 0 saturated heterocycles. The average molecular weight is 376 g/mol. The van der Waals surface area contributed by atoms with Crippen molar-refractivity contribution in [1.82, 2.24) is 9.97 Å². The third-order valence-electron chi connectivity index (χ3n) is 4.92. The van der Waals surface area contributed by atoms with Crippen molar-refractivity contribution in [3.05, 3.63) is 56.4 Å². The third-order valence-corrected chi connectivity index (χ3v) is 6.11. The van der Waals surface area contributed by atoms with Gasteiger partial charge in [-0.2, -0.15) is 5.26 Å². The molecule has 0 atom stereocenters. The normalized spacial score (nSPS) is 14.0. The fourth-order valence-electron chi connectivity index (χ4n) is 3.48. The average Bonchev–Trinajstić information content (AvgIpc) is 3.05. The Morgan fingerprint density at radius 3 is 2.70 bits per heavy atom. The Hall–Kier alpha value is -2.91. The van der Waals surface area contributed by atoms with E-state index in [1.54, 1.807) is 17.4 Å². The van der Waals surface area contributed by atoms with E-state index in [1.807, 2.05) is 43.3 Å². The van der Waals surface area contributed by atoms with Crippen LogP contribution in [0.4, 0.5) is 5.69 Å². The van der Waals surface area contributed by atoms with Gasteiger partial charge in [-0.1, -0.05) is 12.1 Å². The summed E-state index contributed by atoms with van der Waals surface area (Å²) in [7, 11) is 3.96. The second-order valence-electron chi connectivity index (χ2n) is 6.96. The van der Waals surface area contributed by atoms with Gasteiger partial charge in [0.25, 0.3) is 5.56 Å². The predicted octanol–water partition coefficient (Wildman–Crippen LogP) is 3.99. The summed E-state index contributed by atoms with van der Waals surface area (Å²) < 4.78 is 0. The van der Waals surface area contributed by atoms with Crippen molar-refractivity contribution in [1.29, 1.82) is 5.26 Å². The van der Waals surface area contributed by atoms with E-state index >= 15 is 0 Å². The molecule has 0 radical (unpaired) electrons. The van der Waals surface area contributed by atoms with Crippen LogP contribution in [-0.4, -0.2) is 24.1 Å². The second kappa shape index (κ2) is 7.01. The molecule has 0 saturated carbocycles. The zero-order valence-electron chi connectivity index (χ0n) is 15.4. The van der Waals surface area contributed by atoms with Gasteiger partial charge in [0.2, 0.25) is 0 Å². The molecule has 0 amide bonds. The summed E-state index contributed by atoms with van der Waals surface area (Å²) in [4.78, 5) is 24.2. The first kappa shape index (κ1) is 17.5. The molecule has 27 heavy (non-hydrogen) atoms. The van der Waals surface area contributed by atoms with Crippen molar-refractivity contribution < 1.29 is 0 Å². The largest absolute Gasteiger partial charge is 0.378 e. The maximum atomic E-state index is 12.7. The number of aryl methyl sites for hydroxylation is 2. The molecular weight excluding hydrogens is 356 g/mol. The van der Waals surface area contributed by atoms with Crippen LogP contribution in [0.25, 0.3) is 21.9 Å². The number of benzene rings is 1. The Kier molecular flexibility index (Phi) is 4.54. The molecule has 0 aliphatic heterocycles. The van der Waals surface area contributed by atoms with Crippen LogP contribution in [0.2, 0.25) is 0 Å². The first-order valence-electron chi connectivity index (χ1n) is 9.01. The number of nitrogens with zero attached hydrogens (tertiary/aromatic N) is 3. The van der Waals surface area contributed by atoms with Gasteiger partial charge < -0.3 is 9.88 Å². The lowest BCUT2D eigenvalue weighted by atomic mass is 9.97. The number of thiophene rings is 1. The zero-order valence-corrected chi connectivity index (χ0v) is 16.2. The monoisotopic (exact) mass is 376 g/mol. The molecule has 1 aliphatic rings. The molecular formula is C21H20N4OS. The highest BCUT2D eigenvalue weighted by atomic mass is 32.1. The van der Waals surface area contributed by atoms with E-state index in [2.05, 4.69) is 16.0 Å². The van der Waals surface area contributed by atoms with E-state index in [-0.39, 0.29) is 5.56 Å². The van der Waals surface area contributed by atoms with E-state index in [4.69, 9.17) is 0 Å². The molecule has 6 heteroatoms. The van der Waals surface area contributed by atoms with Gasteiger partial charge >= 0.3 is 0 Å². The number of aromatic amines is 1. The van der Waals surface area contributed by atoms with E-state index in [1.165, 1.54) is 4.88 Å². The van der Waals surface area contributed by atoms with Crippen molar-refractivity contribution in [3.63, 3.8) is 0 Å². The number of rotatable bonds is 3. The number of H-pyrrole nitrogens is 1. The zero-order chi connectivity index (χ0) is 19.0. The Bertz CT molecular complexity index is 1130. The van der Waals surface area contributed by atoms with Crippen LogP contribution in [0.15, 0.2) is 29.1 Å². The Morgan fingerprint density at radius 1 is 1.26 bits per heavy atom. The first-order chi connectivity index (χ1) is 13.1. The predicted molar refractivity (Wildman–Crippen MR) is 111 cm³/mol. The fourth-order valence-corrected chi connectivity index (χ4v) is 4.74. The molecule has 136 valence electrons. The van der Waals surface area contributed by atoms with Gasteiger partial charge in [-0.25, -0.2) is 4.98 Å². The summed E-state index contributed by atoms with van der Waals surface area (Å²) >= 11 is 1.59. The molecule has 4 rings (SSSR count). The summed E-state index contributed by atoms with van der Waals surface area (Å²) in [5, 5.41) is 10.3. The van der Waals surface area contributed by atoms with E-state index < -0.39 is 0 Å². The van der Waals surface area contributed by atoms with E-state index in [0.29, 0.717) is 16.8 Å². The molecule has 5 nitrogen and oxygen atoms in total. The van der Waals surface area contributed by atoms with Crippen molar-refractivity contribution >= 4 is 38.9 Å². The summed E-state index contributed by atoms with van der Waals surface area (Å²) in [6.07, 6.45) is 6.00. The van der Waals surface area contributed by atoms with Crippen LogP contribution >= 0.6 is 11.3 Å². The number of nitrogens with one attached hydrogen (secondary N) is 1. The molecule has 1 aliphatic carbocycles. The second-order valence-corrected chi connectivity index (χ2v) is 8.04. The minimum absolute atomic E-state index is 0.140. The van der Waals surface area contributed by atoms with Crippen LogP contribution in [0.3, 0.4) is 0 Å². The van der Waals surface area contributed by atoms with E-state index in [9.17, 15) is 10.1 Å². The third kappa shape index (κ3) is 3.26. The van der Waals surface area contributed by atoms with Crippen molar-refractivity contribution in [2.45, 2.75) is 25.7 Å². The summed E-state index contributed by atoms with van der Waals surface area (Å²) in [5.41, 5.74) is 3.35. The molecule has 1 aromatic carbocycles. The van der Waals surface area contributed by atoms with Crippen molar-refractivity contribution in [2.24, 2.45) is 0 Å². The van der Waals surface area contributed by atoms with Gasteiger partial charge in [0.05, 0.1) is 11.0 Å². The van der Waals surface area contributed by atoms with Gasteiger partial charge in [-0.15, -0.1) is 11.3 Å². The smallest absolute Gasteiger partial charge is 0.260 e. The number of hydrogen-bond acceptors (Lipinski definition) is 5. The summed E-state index contributed by atoms with van der Waals surface area (Å²) in [5.74, 6) is 0.338.